The van der Waals surface area contributed by atoms with Gasteiger partial charge in [0.05, 0.1) is 12.3 Å². The smallest absolute Gasteiger partial charge is 0.409 e. The van der Waals surface area contributed by atoms with E-state index in [1.54, 1.807) is 13.1 Å². The molecule has 0 radical (unpaired) electrons. The summed E-state index contributed by atoms with van der Waals surface area (Å²) in [6.07, 6.45) is 10.5. The summed E-state index contributed by atoms with van der Waals surface area (Å²) < 4.78 is 11.2. The molecule has 1 aromatic rings. The number of rotatable bonds is 13. The van der Waals surface area contributed by atoms with Crippen LogP contribution in [0.25, 0.3) is 0 Å². The topological polar surface area (TPSA) is 166 Å². The number of nitrogens with zero attached hydrogens (tertiary/aromatic N) is 1. The number of benzene rings is 1. The second-order valence-corrected chi connectivity index (χ2v) is 12.5. The van der Waals surface area contributed by atoms with Crippen molar-refractivity contribution < 1.29 is 24.2 Å². The van der Waals surface area contributed by atoms with Gasteiger partial charge in [-0.25, -0.2) is 14.8 Å². The SMILES string of the molecule is CN(CCCOc1cc(C(N)=O)cc(N)c1NC/C=C/CN)C(=O)OCCS(C)(C)C.CO. The van der Waals surface area contributed by atoms with Crippen LogP contribution in [0, 0.1) is 0 Å². The molecule has 0 aliphatic carbocycles. The number of nitrogen functional groups attached to an aromatic ring is 1. The summed E-state index contributed by atoms with van der Waals surface area (Å²) in [5.41, 5.74) is 18.1. The molecule has 0 spiro atoms. The highest BCUT2D eigenvalue weighted by molar-refractivity contribution is 8.32. The molecule has 2 amide bonds. The van der Waals surface area contributed by atoms with Gasteiger partial charge in [0.2, 0.25) is 5.91 Å². The van der Waals surface area contributed by atoms with Crippen molar-refractivity contribution in [1.82, 2.24) is 4.90 Å². The first kappa shape index (κ1) is 30.4. The molecule has 8 N–H and O–H groups in total. The van der Waals surface area contributed by atoms with E-state index in [9.17, 15) is 9.59 Å². The maximum atomic E-state index is 12.1. The van der Waals surface area contributed by atoms with E-state index in [0.29, 0.717) is 56.4 Å². The second kappa shape index (κ2) is 16.1. The fourth-order valence-corrected chi connectivity index (χ4v) is 3.07. The largest absolute Gasteiger partial charge is 0.491 e. The molecule has 1 aromatic carbocycles. The Hall–Kier alpha value is -2.63. The minimum atomic E-state index is -0.700. The molecule has 0 saturated carbocycles. The van der Waals surface area contributed by atoms with Crippen molar-refractivity contribution in [2.75, 3.05) is 82.6 Å². The molecule has 0 unspecified atom stereocenters. The molecule has 0 saturated heterocycles. The number of aliphatic hydroxyl groups excluding tert-OH is 1. The minimum Gasteiger partial charge on any atom is -0.491 e. The van der Waals surface area contributed by atoms with Gasteiger partial charge in [0.25, 0.3) is 0 Å². The Morgan fingerprint density at radius 1 is 1.18 bits per heavy atom. The third-order valence-corrected chi connectivity index (χ3v) is 5.64. The lowest BCUT2D eigenvalue weighted by atomic mass is 10.1. The zero-order chi connectivity index (χ0) is 25.4. The van der Waals surface area contributed by atoms with Crippen LogP contribution in [0.2, 0.25) is 0 Å². The molecule has 0 fully saturated rings. The lowest BCUT2D eigenvalue weighted by molar-refractivity contribution is 0.0999. The molecule has 1 rings (SSSR count). The molecule has 11 heteroatoms. The van der Waals surface area contributed by atoms with Crippen LogP contribution in [0.4, 0.5) is 16.2 Å². The first-order chi connectivity index (χ1) is 15.5. The first-order valence-corrected chi connectivity index (χ1v) is 13.5. The van der Waals surface area contributed by atoms with Gasteiger partial charge in [-0.1, -0.05) is 12.2 Å². The van der Waals surface area contributed by atoms with Gasteiger partial charge < -0.3 is 42.0 Å². The average molecular weight is 488 g/mol. The number of aliphatic hydroxyl groups is 1. The lowest BCUT2D eigenvalue weighted by Gasteiger charge is -2.25. The monoisotopic (exact) mass is 487 g/mol. The Kier molecular flexibility index (Phi) is 14.8. The molecule has 0 heterocycles. The summed E-state index contributed by atoms with van der Waals surface area (Å²) >= 11 is 0. The van der Waals surface area contributed by atoms with E-state index < -0.39 is 15.9 Å². The minimum absolute atomic E-state index is 0.261. The van der Waals surface area contributed by atoms with Crippen LogP contribution in [0.5, 0.6) is 5.75 Å². The van der Waals surface area contributed by atoms with Crippen LogP contribution in [0.3, 0.4) is 0 Å². The van der Waals surface area contributed by atoms with E-state index in [4.69, 9.17) is 31.8 Å². The van der Waals surface area contributed by atoms with Gasteiger partial charge in [0.1, 0.15) is 18.0 Å². The van der Waals surface area contributed by atoms with Crippen LogP contribution in [0.15, 0.2) is 24.3 Å². The molecule has 0 bridgehead atoms. The number of carbonyl (C=O) groups is 2. The highest BCUT2D eigenvalue weighted by Crippen LogP contribution is 2.34. The van der Waals surface area contributed by atoms with Crippen molar-refractivity contribution in [3.63, 3.8) is 0 Å². The van der Waals surface area contributed by atoms with Gasteiger partial charge in [-0.2, -0.15) is 0 Å². The molecule has 0 aliphatic rings. The molecule has 0 aliphatic heterocycles. The third-order valence-electron chi connectivity index (χ3n) is 4.24. The fourth-order valence-electron chi connectivity index (χ4n) is 2.49. The van der Waals surface area contributed by atoms with Crippen molar-refractivity contribution in [2.45, 2.75) is 6.42 Å². The number of nitrogens with two attached hydrogens (primary N) is 3. The van der Waals surface area contributed by atoms with Crippen LogP contribution in [-0.4, -0.2) is 93.5 Å². The summed E-state index contributed by atoms with van der Waals surface area (Å²) in [5, 5.41) is 10.2. The molecular formula is C22H41N5O5S. The van der Waals surface area contributed by atoms with Gasteiger partial charge in [0, 0.05) is 45.1 Å². The van der Waals surface area contributed by atoms with Crippen LogP contribution < -0.4 is 27.3 Å². The van der Waals surface area contributed by atoms with Gasteiger partial charge in [0.15, 0.2) is 0 Å². The number of hydrogen-bond acceptors (Lipinski definition) is 8. The van der Waals surface area contributed by atoms with E-state index >= 15 is 0 Å². The summed E-state index contributed by atoms with van der Waals surface area (Å²) in [7, 11) is 1.99. The number of nitrogens with one attached hydrogen (secondary N) is 1. The third kappa shape index (κ3) is 12.9. The number of anilines is 2. The number of amides is 2. The Balaban J connectivity index is 0.00000497. The summed E-state index contributed by atoms with van der Waals surface area (Å²) in [6.45, 7) is 2.14. The van der Waals surface area contributed by atoms with Crippen LogP contribution in [-0.2, 0) is 4.74 Å². The zero-order valence-electron chi connectivity index (χ0n) is 20.4. The van der Waals surface area contributed by atoms with E-state index in [1.165, 1.54) is 11.0 Å². The zero-order valence-corrected chi connectivity index (χ0v) is 21.2. The van der Waals surface area contributed by atoms with Crippen molar-refractivity contribution in [3.05, 3.63) is 29.8 Å². The molecule has 0 atom stereocenters. The summed E-state index contributed by atoms with van der Waals surface area (Å²) in [5.74, 6) is 0.711. The quantitative estimate of drug-likeness (QED) is 0.158. The van der Waals surface area contributed by atoms with Crippen LogP contribution >= 0.6 is 10.0 Å². The first-order valence-electron chi connectivity index (χ1n) is 10.5. The number of primary amides is 1. The Morgan fingerprint density at radius 3 is 2.42 bits per heavy atom. The molecule has 33 heavy (non-hydrogen) atoms. The van der Waals surface area contributed by atoms with E-state index in [0.717, 1.165) is 12.9 Å². The Bertz CT molecular complexity index is 768. The lowest BCUT2D eigenvalue weighted by Crippen LogP contribution is -2.30. The number of hydrogen-bond donors (Lipinski definition) is 5. The fraction of sp³-hybridized carbons (Fsp3) is 0.545. The highest BCUT2D eigenvalue weighted by atomic mass is 32.3. The van der Waals surface area contributed by atoms with Crippen molar-refractivity contribution in [1.29, 1.82) is 0 Å². The standard InChI is InChI=1S/C21H37N5O4S.CH4O/c1-26(21(28)30-12-13-31(2,3)4)10-7-11-29-18-15-16(20(24)27)14-17(23)19(18)25-9-6-5-8-22;1-2/h5-6,14-15,25H,7-13,22-23H2,1-4H3,(H2,24,27);2H,1H3/b6-5+;. The van der Waals surface area contributed by atoms with Crippen molar-refractivity contribution in [3.8, 4) is 5.75 Å². The van der Waals surface area contributed by atoms with Crippen molar-refractivity contribution >= 4 is 33.4 Å². The van der Waals surface area contributed by atoms with E-state index in [2.05, 4.69) is 24.1 Å². The predicted octanol–water partition coefficient (Wildman–Crippen LogP) is 1.43. The average Bonchev–Trinajstić information content (AvgIpc) is 2.75. The highest BCUT2D eigenvalue weighted by Gasteiger charge is 2.14. The number of ether oxygens (including phenoxy) is 2. The molecular weight excluding hydrogens is 446 g/mol. The predicted molar refractivity (Wildman–Crippen MR) is 139 cm³/mol. The van der Waals surface area contributed by atoms with E-state index in [1.807, 2.05) is 12.2 Å². The maximum Gasteiger partial charge on any atom is 0.409 e. The summed E-state index contributed by atoms with van der Waals surface area (Å²) in [6, 6.07) is 3.06. The second-order valence-electron chi connectivity index (χ2n) is 7.92. The van der Waals surface area contributed by atoms with Gasteiger partial charge in [-0.15, -0.1) is 0 Å². The maximum absolute atomic E-state index is 12.1. The van der Waals surface area contributed by atoms with Gasteiger partial charge >= 0.3 is 6.09 Å². The number of carbonyl (C=O) groups excluding carboxylic acids is 2. The molecule has 0 aromatic heterocycles. The molecule has 190 valence electrons. The normalized spacial score (nSPS) is 11.4. The summed E-state index contributed by atoms with van der Waals surface area (Å²) in [4.78, 5) is 25.1. The van der Waals surface area contributed by atoms with Gasteiger partial charge in [-0.05, 0) is 37.3 Å². The van der Waals surface area contributed by atoms with Crippen LogP contribution in [0.1, 0.15) is 16.8 Å². The molecule has 10 nitrogen and oxygen atoms in total. The van der Waals surface area contributed by atoms with E-state index in [-0.39, 0.29) is 11.7 Å². The Morgan fingerprint density at radius 2 is 1.85 bits per heavy atom. The van der Waals surface area contributed by atoms with Crippen molar-refractivity contribution in [2.24, 2.45) is 11.5 Å². The Labute approximate surface area is 198 Å². The van der Waals surface area contributed by atoms with Gasteiger partial charge in [-0.3, -0.25) is 4.79 Å².